The molecule has 0 aliphatic carbocycles. The lowest BCUT2D eigenvalue weighted by Gasteiger charge is -2.43. The van der Waals surface area contributed by atoms with Gasteiger partial charge in [0.15, 0.2) is 0 Å². The third-order valence-electron chi connectivity index (χ3n) is 6.08. The summed E-state index contributed by atoms with van der Waals surface area (Å²) in [6.45, 7) is 1.82. The molecule has 6 nitrogen and oxygen atoms in total. The first-order chi connectivity index (χ1) is 15.0. The fourth-order valence-corrected chi connectivity index (χ4v) is 6.59. The third-order valence-corrected chi connectivity index (χ3v) is 8.14. The highest BCUT2D eigenvalue weighted by atomic mass is 32.2. The van der Waals surface area contributed by atoms with Crippen LogP contribution in [0.2, 0.25) is 0 Å². The van der Waals surface area contributed by atoms with E-state index in [9.17, 15) is 14.4 Å². The Hall–Kier alpha value is -2.58. The lowest BCUT2D eigenvalue weighted by atomic mass is 9.81. The molecule has 0 saturated carbocycles. The Kier molecular flexibility index (Phi) is 5.35. The molecule has 1 fully saturated rings. The largest absolute Gasteiger partial charge is 0.481 e. The summed E-state index contributed by atoms with van der Waals surface area (Å²) in [6.07, 6.45) is 0.966. The number of fused-ring (bicyclic) bond motifs is 5. The lowest BCUT2D eigenvalue weighted by molar-refractivity contribution is -0.133. The molecule has 3 aromatic rings. The molecule has 1 saturated heterocycles. The van der Waals surface area contributed by atoms with Crippen LogP contribution < -0.4 is 5.56 Å². The Bertz CT molecular complexity index is 1200. The number of thiophene rings is 1. The molecule has 8 heteroatoms. The molecule has 2 aromatic heterocycles. The smallest absolute Gasteiger partial charge is 0.313 e. The molecule has 2 aliphatic heterocycles. The summed E-state index contributed by atoms with van der Waals surface area (Å²) in [5, 5.41) is 10.0. The van der Waals surface area contributed by atoms with Gasteiger partial charge in [0.05, 0.1) is 11.5 Å². The number of carboxylic acid groups (broad SMARTS) is 1. The normalized spacial score (nSPS) is 19.9. The van der Waals surface area contributed by atoms with Crippen molar-refractivity contribution < 1.29 is 14.7 Å². The number of carbonyl (C=O) groups is 2. The maximum Gasteiger partial charge on any atom is 0.313 e. The molecule has 5 rings (SSSR count). The quantitative estimate of drug-likeness (QED) is 0.638. The average Bonchev–Trinajstić information content (AvgIpc) is 3.18. The molecule has 1 N–H and O–H groups in total. The Balaban J connectivity index is 1.47. The number of pyridine rings is 1. The zero-order chi connectivity index (χ0) is 21.5. The van der Waals surface area contributed by atoms with Crippen molar-refractivity contribution >= 4 is 45.1 Å². The van der Waals surface area contributed by atoms with Gasteiger partial charge in [0, 0.05) is 52.5 Å². The molecule has 1 amide bonds. The van der Waals surface area contributed by atoms with Gasteiger partial charge in [-0.2, -0.15) is 0 Å². The van der Waals surface area contributed by atoms with E-state index in [1.54, 1.807) is 17.4 Å². The Morgan fingerprint density at radius 3 is 2.74 bits per heavy atom. The van der Waals surface area contributed by atoms with E-state index in [1.165, 1.54) is 10.1 Å². The van der Waals surface area contributed by atoms with Crippen LogP contribution in [0, 0.1) is 5.92 Å². The number of aromatic nitrogens is 1. The van der Waals surface area contributed by atoms with Crippen molar-refractivity contribution in [3.8, 4) is 10.4 Å². The van der Waals surface area contributed by atoms with Crippen LogP contribution in [0.3, 0.4) is 0 Å². The van der Waals surface area contributed by atoms with E-state index in [2.05, 4.69) is 18.2 Å². The molecule has 0 unspecified atom stereocenters. The van der Waals surface area contributed by atoms with Gasteiger partial charge in [-0.05, 0) is 35.9 Å². The second-order valence-electron chi connectivity index (χ2n) is 8.21. The predicted molar refractivity (Wildman–Crippen MR) is 124 cm³/mol. The van der Waals surface area contributed by atoms with Crippen LogP contribution in [0.1, 0.15) is 18.0 Å². The van der Waals surface area contributed by atoms with Crippen LogP contribution in [-0.2, 0) is 16.1 Å². The maximum absolute atomic E-state index is 12.7. The summed E-state index contributed by atoms with van der Waals surface area (Å²) in [4.78, 5) is 39.2. The fourth-order valence-electron chi connectivity index (χ4n) is 4.86. The van der Waals surface area contributed by atoms with Gasteiger partial charge in [0.2, 0.25) is 5.91 Å². The van der Waals surface area contributed by atoms with Crippen LogP contribution in [0.4, 0.5) is 0 Å². The predicted octanol–water partition coefficient (Wildman–Crippen LogP) is 3.49. The highest BCUT2D eigenvalue weighted by Crippen LogP contribution is 2.42. The Labute approximate surface area is 187 Å². The fraction of sp³-hybridized carbons (Fsp3) is 0.348. The van der Waals surface area contributed by atoms with Crippen molar-refractivity contribution in [2.45, 2.75) is 18.9 Å². The number of hydrogen-bond donors (Lipinski definition) is 1. The molecular formula is C23H22N2O4S2. The zero-order valence-electron chi connectivity index (χ0n) is 16.8. The molecule has 2 atom stereocenters. The van der Waals surface area contributed by atoms with E-state index in [0.29, 0.717) is 19.6 Å². The van der Waals surface area contributed by atoms with Gasteiger partial charge in [-0.25, -0.2) is 0 Å². The van der Waals surface area contributed by atoms with Crippen LogP contribution in [0.5, 0.6) is 0 Å². The first-order valence-electron chi connectivity index (χ1n) is 10.3. The summed E-state index contributed by atoms with van der Waals surface area (Å²) < 4.78 is 3.13. The van der Waals surface area contributed by atoms with Gasteiger partial charge in [-0.1, -0.05) is 18.2 Å². The summed E-state index contributed by atoms with van der Waals surface area (Å²) >= 11 is 2.86. The van der Waals surface area contributed by atoms with E-state index in [1.807, 2.05) is 27.7 Å². The summed E-state index contributed by atoms with van der Waals surface area (Å²) in [6, 6.07) is 14.0. The van der Waals surface area contributed by atoms with E-state index in [4.69, 9.17) is 5.11 Å². The van der Waals surface area contributed by atoms with Crippen LogP contribution in [0.25, 0.3) is 20.5 Å². The number of benzene rings is 1. The number of piperidine rings is 1. The van der Waals surface area contributed by atoms with E-state index in [0.717, 1.165) is 34.3 Å². The van der Waals surface area contributed by atoms with E-state index >= 15 is 0 Å². The minimum atomic E-state index is -0.908. The van der Waals surface area contributed by atoms with Gasteiger partial charge in [0.25, 0.3) is 5.56 Å². The monoisotopic (exact) mass is 454 g/mol. The topological polar surface area (TPSA) is 79.6 Å². The molecule has 2 bridgehead atoms. The summed E-state index contributed by atoms with van der Waals surface area (Å²) in [5.74, 6) is -0.465. The molecule has 2 aliphatic rings. The highest BCUT2D eigenvalue weighted by molar-refractivity contribution is 8.00. The number of thioether (sulfide) groups is 1. The Morgan fingerprint density at radius 1 is 1.10 bits per heavy atom. The summed E-state index contributed by atoms with van der Waals surface area (Å²) in [5.41, 5.74) is 2.14. The van der Waals surface area contributed by atoms with Crippen LogP contribution in [-0.4, -0.2) is 51.0 Å². The van der Waals surface area contributed by atoms with Gasteiger partial charge >= 0.3 is 5.97 Å². The van der Waals surface area contributed by atoms with Crippen LogP contribution in [0.15, 0.2) is 47.3 Å². The minimum Gasteiger partial charge on any atom is -0.481 e. The standard InChI is InChI=1S/C23H22N2O4S2/c26-20-6-5-17(19-8-15-3-1-2-4-18(15)31-19)23-16-7-14(10-25(20)23)9-24(11-16)21(27)12-30-13-22(28)29/h1-6,8,14,16H,7,9-13H2,(H,28,29)/t14-,16-/m0/s1. The van der Waals surface area contributed by atoms with E-state index in [-0.39, 0.29) is 34.8 Å². The lowest BCUT2D eigenvalue weighted by Crippen LogP contribution is -2.49. The van der Waals surface area contributed by atoms with Gasteiger partial charge in [-0.15, -0.1) is 23.1 Å². The number of likely N-dealkylation sites (tertiary alicyclic amines) is 1. The first-order valence-corrected chi connectivity index (χ1v) is 12.3. The molecule has 1 aromatic carbocycles. The number of nitrogens with zero attached hydrogens (tertiary/aromatic N) is 2. The SMILES string of the molecule is O=C(O)CSCC(=O)N1C[C@@H]2C[C@@H](C1)c1c(-c3cc4ccccc4s3)ccc(=O)n1C2. The Morgan fingerprint density at radius 2 is 1.94 bits per heavy atom. The molecule has 31 heavy (non-hydrogen) atoms. The van der Waals surface area contributed by atoms with Crippen molar-refractivity contribution in [3.63, 3.8) is 0 Å². The zero-order valence-corrected chi connectivity index (χ0v) is 18.5. The maximum atomic E-state index is 12.7. The van der Waals surface area contributed by atoms with Crippen molar-refractivity contribution in [1.29, 1.82) is 0 Å². The molecular weight excluding hydrogens is 432 g/mol. The first kappa shape index (κ1) is 20.3. The van der Waals surface area contributed by atoms with Crippen LogP contribution >= 0.6 is 23.1 Å². The number of aliphatic carboxylic acids is 1. The average molecular weight is 455 g/mol. The van der Waals surface area contributed by atoms with Gasteiger partial charge in [0.1, 0.15) is 0 Å². The van der Waals surface area contributed by atoms with Crippen molar-refractivity contribution in [2.24, 2.45) is 5.92 Å². The second-order valence-corrected chi connectivity index (χ2v) is 10.3. The summed E-state index contributed by atoms with van der Waals surface area (Å²) in [7, 11) is 0. The number of carbonyl (C=O) groups excluding carboxylic acids is 1. The van der Waals surface area contributed by atoms with Crippen molar-refractivity contribution in [1.82, 2.24) is 9.47 Å². The number of hydrogen-bond acceptors (Lipinski definition) is 5. The molecule has 0 spiro atoms. The van der Waals surface area contributed by atoms with E-state index < -0.39 is 5.97 Å². The second kappa shape index (κ2) is 8.16. The molecule has 0 radical (unpaired) electrons. The van der Waals surface area contributed by atoms with Crippen molar-refractivity contribution in [3.05, 3.63) is 58.5 Å². The third kappa shape index (κ3) is 3.90. The number of carboxylic acids is 1. The molecule has 160 valence electrons. The minimum absolute atomic E-state index is 0.0175. The van der Waals surface area contributed by atoms with Gasteiger partial charge < -0.3 is 14.6 Å². The highest BCUT2D eigenvalue weighted by Gasteiger charge is 2.37. The number of rotatable bonds is 5. The molecule has 4 heterocycles. The van der Waals surface area contributed by atoms with Crippen molar-refractivity contribution in [2.75, 3.05) is 24.6 Å². The van der Waals surface area contributed by atoms with Gasteiger partial charge in [-0.3, -0.25) is 14.4 Å². The number of amides is 1.